The molecule has 0 spiro atoms. The number of esters is 1. The largest absolute Gasteiger partial charge is 0.491 e. The van der Waals surface area contributed by atoms with E-state index in [4.69, 9.17) is 9.47 Å². The van der Waals surface area contributed by atoms with Gasteiger partial charge >= 0.3 is 5.97 Å². The standard InChI is InChI=1S/C21H20INO3/c1-4-14(3)25-17-8-5-15(6-9-17)12-19-21(24)26-20(23-19)16-7-10-18(22)13(2)11-16/h5-12,14H,4H2,1-3H3/b19-12-. The Labute approximate surface area is 167 Å². The van der Waals surface area contributed by atoms with Gasteiger partial charge in [-0.25, -0.2) is 9.79 Å². The third-order valence-corrected chi connectivity index (χ3v) is 5.33. The molecule has 0 bridgehead atoms. The second kappa shape index (κ2) is 8.03. The summed E-state index contributed by atoms with van der Waals surface area (Å²) in [5.41, 5.74) is 3.09. The number of aliphatic imine (C=N–C) groups is 1. The molecule has 2 aromatic rings. The van der Waals surface area contributed by atoms with E-state index in [1.165, 1.54) is 0 Å². The van der Waals surface area contributed by atoms with Crippen LogP contribution in [0.1, 0.15) is 37.0 Å². The van der Waals surface area contributed by atoms with Gasteiger partial charge in [-0.2, -0.15) is 0 Å². The van der Waals surface area contributed by atoms with E-state index in [1.54, 1.807) is 6.08 Å². The summed E-state index contributed by atoms with van der Waals surface area (Å²) >= 11 is 2.27. The first-order valence-corrected chi connectivity index (χ1v) is 9.60. The highest BCUT2D eigenvalue weighted by Crippen LogP contribution is 2.22. The van der Waals surface area contributed by atoms with Gasteiger partial charge < -0.3 is 9.47 Å². The molecule has 0 saturated heterocycles. The summed E-state index contributed by atoms with van der Waals surface area (Å²) in [4.78, 5) is 16.5. The summed E-state index contributed by atoms with van der Waals surface area (Å²) in [6, 6.07) is 13.5. The molecule has 0 aliphatic carbocycles. The Bertz CT molecular complexity index is 885. The molecule has 134 valence electrons. The van der Waals surface area contributed by atoms with Gasteiger partial charge in [-0.1, -0.05) is 19.1 Å². The lowest BCUT2D eigenvalue weighted by molar-refractivity contribution is -0.129. The highest BCUT2D eigenvalue weighted by atomic mass is 127. The van der Waals surface area contributed by atoms with E-state index in [-0.39, 0.29) is 6.10 Å². The number of halogens is 1. The van der Waals surface area contributed by atoms with Crippen molar-refractivity contribution in [2.24, 2.45) is 4.99 Å². The second-order valence-corrected chi connectivity index (χ2v) is 7.37. The zero-order valence-corrected chi connectivity index (χ0v) is 17.1. The molecule has 1 atom stereocenters. The minimum absolute atomic E-state index is 0.175. The fourth-order valence-electron chi connectivity index (χ4n) is 2.43. The van der Waals surface area contributed by atoms with Crippen LogP contribution < -0.4 is 4.74 Å². The first-order chi connectivity index (χ1) is 12.5. The molecule has 26 heavy (non-hydrogen) atoms. The lowest BCUT2D eigenvalue weighted by atomic mass is 10.1. The number of ether oxygens (including phenoxy) is 2. The van der Waals surface area contributed by atoms with E-state index in [0.717, 1.165) is 32.4 Å². The first-order valence-electron chi connectivity index (χ1n) is 8.52. The van der Waals surface area contributed by atoms with Crippen LogP contribution >= 0.6 is 22.6 Å². The minimum atomic E-state index is -0.434. The maximum absolute atomic E-state index is 12.1. The molecule has 3 rings (SSSR count). The van der Waals surface area contributed by atoms with Crippen molar-refractivity contribution >= 4 is 40.5 Å². The normalized spacial score (nSPS) is 16.4. The van der Waals surface area contributed by atoms with Crippen LogP contribution in [0.3, 0.4) is 0 Å². The Hall–Kier alpha value is -2.15. The van der Waals surface area contributed by atoms with E-state index in [1.807, 2.05) is 56.3 Å². The van der Waals surface area contributed by atoms with E-state index >= 15 is 0 Å². The predicted octanol–water partition coefficient (Wildman–Crippen LogP) is 5.12. The van der Waals surface area contributed by atoms with Gasteiger partial charge in [0.25, 0.3) is 0 Å². The van der Waals surface area contributed by atoms with Crippen molar-refractivity contribution in [3.8, 4) is 5.75 Å². The smallest absolute Gasteiger partial charge is 0.363 e. The average Bonchev–Trinajstić information content (AvgIpc) is 2.99. The summed E-state index contributed by atoms with van der Waals surface area (Å²) < 4.78 is 12.3. The van der Waals surface area contributed by atoms with Gasteiger partial charge in [0.1, 0.15) is 5.75 Å². The fraction of sp³-hybridized carbons (Fsp3) is 0.238. The van der Waals surface area contributed by atoms with Gasteiger partial charge in [0.05, 0.1) is 6.10 Å². The van der Waals surface area contributed by atoms with Crippen LogP contribution in [-0.2, 0) is 9.53 Å². The molecule has 5 heteroatoms. The van der Waals surface area contributed by atoms with Crippen LogP contribution in [0.5, 0.6) is 5.75 Å². The number of cyclic esters (lactones) is 1. The van der Waals surface area contributed by atoms with Crippen molar-refractivity contribution in [2.45, 2.75) is 33.3 Å². The molecular weight excluding hydrogens is 441 g/mol. The molecular formula is C21H20INO3. The van der Waals surface area contributed by atoms with Gasteiger partial charge in [0, 0.05) is 9.13 Å². The van der Waals surface area contributed by atoms with Crippen LogP contribution in [0.15, 0.2) is 53.2 Å². The Kier molecular flexibility index (Phi) is 5.76. The summed E-state index contributed by atoms with van der Waals surface area (Å²) in [6.07, 6.45) is 2.85. The molecule has 2 aromatic carbocycles. The molecule has 0 aromatic heterocycles. The van der Waals surface area contributed by atoms with E-state index < -0.39 is 5.97 Å². The summed E-state index contributed by atoms with van der Waals surface area (Å²) in [5.74, 6) is 0.725. The third kappa shape index (κ3) is 4.33. The lowest BCUT2D eigenvalue weighted by Crippen LogP contribution is -2.09. The molecule has 1 heterocycles. The quantitative estimate of drug-likeness (QED) is 0.353. The van der Waals surface area contributed by atoms with E-state index in [2.05, 4.69) is 34.5 Å². The van der Waals surface area contributed by atoms with Crippen molar-refractivity contribution in [3.63, 3.8) is 0 Å². The number of nitrogens with zero attached hydrogens (tertiary/aromatic N) is 1. The highest BCUT2D eigenvalue weighted by Gasteiger charge is 2.24. The molecule has 0 N–H and O–H groups in total. The topological polar surface area (TPSA) is 47.9 Å². The molecule has 0 radical (unpaired) electrons. The van der Waals surface area contributed by atoms with Gasteiger partial charge in [-0.15, -0.1) is 0 Å². The third-order valence-electron chi connectivity index (χ3n) is 4.12. The molecule has 0 fully saturated rings. The summed E-state index contributed by atoms with van der Waals surface area (Å²) in [5, 5.41) is 0. The molecule has 0 saturated carbocycles. The van der Waals surface area contributed by atoms with E-state index in [0.29, 0.717) is 11.6 Å². The summed E-state index contributed by atoms with van der Waals surface area (Å²) in [7, 11) is 0. The van der Waals surface area contributed by atoms with Gasteiger partial charge in [0.15, 0.2) is 5.70 Å². The molecule has 1 unspecified atom stereocenters. The molecule has 1 aliphatic rings. The molecule has 1 aliphatic heterocycles. The second-order valence-electron chi connectivity index (χ2n) is 6.21. The van der Waals surface area contributed by atoms with Crippen LogP contribution in [-0.4, -0.2) is 18.0 Å². The van der Waals surface area contributed by atoms with Gasteiger partial charge in [-0.3, -0.25) is 0 Å². The molecule has 4 nitrogen and oxygen atoms in total. The predicted molar refractivity (Wildman–Crippen MR) is 111 cm³/mol. The van der Waals surface area contributed by atoms with Gasteiger partial charge in [0.2, 0.25) is 5.90 Å². The van der Waals surface area contributed by atoms with Crippen LogP contribution in [0, 0.1) is 10.5 Å². The summed E-state index contributed by atoms with van der Waals surface area (Å²) in [6.45, 7) is 6.13. The Morgan fingerprint density at radius 3 is 2.62 bits per heavy atom. The number of benzene rings is 2. The van der Waals surface area contributed by atoms with Crippen molar-refractivity contribution < 1.29 is 14.3 Å². The van der Waals surface area contributed by atoms with Crippen molar-refractivity contribution in [1.82, 2.24) is 0 Å². The van der Waals surface area contributed by atoms with Gasteiger partial charge in [-0.05, 0) is 90.4 Å². The number of aryl methyl sites for hydroxylation is 1. The van der Waals surface area contributed by atoms with E-state index in [9.17, 15) is 4.79 Å². The van der Waals surface area contributed by atoms with Crippen LogP contribution in [0.25, 0.3) is 6.08 Å². The average molecular weight is 461 g/mol. The SMILES string of the molecule is CCC(C)Oc1ccc(/C=C2\N=C(c3ccc(I)c(C)c3)OC2=O)cc1. The number of rotatable bonds is 5. The monoisotopic (exact) mass is 461 g/mol. The highest BCUT2D eigenvalue weighted by molar-refractivity contribution is 14.1. The number of carbonyl (C=O) groups excluding carboxylic acids is 1. The maximum Gasteiger partial charge on any atom is 0.363 e. The lowest BCUT2D eigenvalue weighted by Gasteiger charge is -2.12. The number of hydrogen-bond acceptors (Lipinski definition) is 4. The maximum atomic E-state index is 12.1. The van der Waals surface area contributed by atoms with Crippen LogP contribution in [0.2, 0.25) is 0 Å². The van der Waals surface area contributed by atoms with Crippen LogP contribution in [0.4, 0.5) is 0 Å². The molecule has 0 amide bonds. The Morgan fingerprint density at radius 1 is 1.23 bits per heavy atom. The number of hydrogen-bond donors (Lipinski definition) is 0. The zero-order valence-electron chi connectivity index (χ0n) is 15.0. The van der Waals surface area contributed by atoms with Crippen molar-refractivity contribution in [1.29, 1.82) is 0 Å². The Morgan fingerprint density at radius 2 is 1.96 bits per heavy atom. The zero-order chi connectivity index (χ0) is 18.7. The van der Waals surface area contributed by atoms with Crippen molar-refractivity contribution in [2.75, 3.05) is 0 Å². The number of carbonyl (C=O) groups is 1. The van der Waals surface area contributed by atoms with Crippen molar-refractivity contribution in [3.05, 3.63) is 68.4 Å². The minimum Gasteiger partial charge on any atom is -0.491 e. The Balaban J connectivity index is 1.80. The first kappa shape index (κ1) is 18.6. The fourth-order valence-corrected chi connectivity index (χ4v) is 2.76.